The summed E-state index contributed by atoms with van der Waals surface area (Å²) in [5.74, 6) is 0.353. The van der Waals surface area contributed by atoms with Crippen LogP contribution in [0.15, 0.2) is 15.7 Å². The Kier molecular flexibility index (Phi) is 7.08. The summed E-state index contributed by atoms with van der Waals surface area (Å²) in [6.07, 6.45) is 3.31. The van der Waals surface area contributed by atoms with Gasteiger partial charge >= 0.3 is 0 Å². The maximum Gasteiger partial charge on any atom is 0.252 e. The second kappa shape index (κ2) is 8.09. The molecule has 1 aliphatic rings. The van der Waals surface area contributed by atoms with E-state index in [2.05, 4.69) is 10.6 Å². The molecule has 2 rings (SSSR count). The molecule has 1 aromatic rings. The van der Waals surface area contributed by atoms with Gasteiger partial charge < -0.3 is 10.6 Å². The molecule has 4 N–H and O–H groups in total. The topological polar surface area (TPSA) is 101 Å². The number of halogens is 1. The normalized spacial score (nSPS) is 18.8. The molecule has 9 heteroatoms. The molecular formula is C12H20ClN3O3S2. The average Bonchev–Trinajstić information content (AvgIpc) is 2.89. The highest BCUT2D eigenvalue weighted by molar-refractivity contribution is 7.91. The average molecular weight is 354 g/mol. The predicted molar refractivity (Wildman–Crippen MR) is 85.5 cm³/mol. The van der Waals surface area contributed by atoms with Crippen LogP contribution in [0.25, 0.3) is 0 Å². The molecule has 1 saturated heterocycles. The van der Waals surface area contributed by atoms with Crippen molar-refractivity contribution in [1.29, 1.82) is 0 Å². The largest absolute Gasteiger partial charge is 0.352 e. The molecule has 1 aromatic heterocycles. The Morgan fingerprint density at radius 1 is 1.52 bits per heavy atom. The van der Waals surface area contributed by atoms with E-state index in [1.807, 2.05) is 0 Å². The minimum Gasteiger partial charge on any atom is -0.352 e. The first-order valence-electron chi connectivity index (χ1n) is 6.57. The number of nitrogens with two attached hydrogens (primary N) is 1. The lowest BCUT2D eigenvalue weighted by Crippen LogP contribution is -2.33. The molecule has 0 bridgehead atoms. The quantitative estimate of drug-likeness (QED) is 0.733. The summed E-state index contributed by atoms with van der Waals surface area (Å²) >= 11 is 0.963. The van der Waals surface area contributed by atoms with Gasteiger partial charge in [0.05, 0.1) is 5.56 Å². The van der Waals surface area contributed by atoms with Crippen LogP contribution in [0.4, 0.5) is 0 Å². The van der Waals surface area contributed by atoms with Crippen molar-refractivity contribution in [3.63, 3.8) is 0 Å². The van der Waals surface area contributed by atoms with Gasteiger partial charge in [-0.2, -0.15) is 0 Å². The van der Waals surface area contributed by atoms with Crippen molar-refractivity contribution in [3.05, 3.63) is 17.0 Å². The number of hydrogen-bond donors (Lipinski definition) is 3. The Balaban J connectivity index is 0.00000220. The first-order chi connectivity index (χ1) is 9.47. The number of carbonyl (C=O) groups is 1. The van der Waals surface area contributed by atoms with Gasteiger partial charge in [-0.05, 0) is 44.3 Å². The number of nitrogens with one attached hydrogen (secondary N) is 2. The van der Waals surface area contributed by atoms with E-state index in [0.29, 0.717) is 18.0 Å². The lowest BCUT2D eigenvalue weighted by atomic mass is 9.96. The smallest absolute Gasteiger partial charge is 0.252 e. The van der Waals surface area contributed by atoms with E-state index in [-0.39, 0.29) is 22.5 Å². The van der Waals surface area contributed by atoms with Crippen molar-refractivity contribution in [2.24, 2.45) is 11.1 Å². The van der Waals surface area contributed by atoms with Gasteiger partial charge in [-0.3, -0.25) is 4.79 Å². The number of primary sulfonamides is 1. The molecule has 0 radical (unpaired) electrons. The van der Waals surface area contributed by atoms with Crippen LogP contribution in [0.2, 0.25) is 0 Å². The van der Waals surface area contributed by atoms with Crippen molar-refractivity contribution in [2.45, 2.75) is 23.5 Å². The molecule has 1 amide bonds. The Morgan fingerprint density at radius 3 is 2.86 bits per heavy atom. The third kappa shape index (κ3) is 5.55. The van der Waals surface area contributed by atoms with Gasteiger partial charge in [-0.15, -0.1) is 23.7 Å². The van der Waals surface area contributed by atoms with Crippen molar-refractivity contribution in [2.75, 3.05) is 19.6 Å². The molecule has 0 aliphatic carbocycles. The van der Waals surface area contributed by atoms with E-state index in [9.17, 15) is 13.2 Å². The third-order valence-corrected chi connectivity index (χ3v) is 5.74. The highest BCUT2D eigenvalue weighted by Gasteiger charge is 2.16. The predicted octanol–water partition coefficient (Wildman–Crippen LogP) is 0.937. The van der Waals surface area contributed by atoms with E-state index in [1.165, 1.54) is 24.3 Å². The Morgan fingerprint density at radius 2 is 2.29 bits per heavy atom. The standard InChI is InChI=1S/C12H19N3O3S2.ClH/c13-20(17,18)11-6-10(8-19-11)12(16)15-5-3-9-2-1-4-14-7-9;/h6,8-9,14H,1-5,7H2,(H,15,16)(H2,13,17,18);1H. The van der Waals surface area contributed by atoms with Crippen molar-refractivity contribution >= 4 is 39.7 Å². The third-order valence-electron chi connectivity index (χ3n) is 3.36. The Bertz CT molecular complexity index is 568. The molecule has 0 saturated carbocycles. The van der Waals surface area contributed by atoms with Crippen molar-refractivity contribution in [3.8, 4) is 0 Å². The second-order valence-electron chi connectivity index (χ2n) is 4.96. The molecule has 1 fully saturated rings. The van der Waals surface area contributed by atoms with E-state index >= 15 is 0 Å². The van der Waals surface area contributed by atoms with Crippen molar-refractivity contribution in [1.82, 2.24) is 10.6 Å². The van der Waals surface area contributed by atoms with E-state index in [1.54, 1.807) is 0 Å². The number of sulfonamides is 1. The van der Waals surface area contributed by atoms with Gasteiger partial charge in [0.2, 0.25) is 10.0 Å². The van der Waals surface area contributed by atoms with Crippen LogP contribution in [0.3, 0.4) is 0 Å². The lowest BCUT2D eigenvalue weighted by Gasteiger charge is -2.22. The fourth-order valence-electron chi connectivity index (χ4n) is 2.25. The monoisotopic (exact) mass is 353 g/mol. The molecule has 6 nitrogen and oxygen atoms in total. The highest BCUT2D eigenvalue weighted by Crippen LogP contribution is 2.19. The van der Waals surface area contributed by atoms with Gasteiger partial charge in [0.15, 0.2) is 0 Å². The molecule has 120 valence electrons. The summed E-state index contributed by atoms with van der Waals surface area (Å²) in [6, 6.07) is 1.32. The van der Waals surface area contributed by atoms with Gasteiger partial charge in [-0.1, -0.05) is 0 Å². The molecular weight excluding hydrogens is 334 g/mol. The number of amides is 1. The van der Waals surface area contributed by atoms with Crippen LogP contribution in [0.1, 0.15) is 29.6 Å². The van der Waals surface area contributed by atoms with Crippen LogP contribution in [0, 0.1) is 5.92 Å². The van der Waals surface area contributed by atoms with Crippen LogP contribution in [0.5, 0.6) is 0 Å². The van der Waals surface area contributed by atoms with E-state index < -0.39 is 10.0 Å². The molecule has 1 aliphatic heterocycles. The molecule has 0 spiro atoms. The number of hydrogen-bond acceptors (Lipinski definition) is 5. The lowest BCUT2D eigenvalue weighted by molar-refractivity contribution is 0.0951. The zero-order valence-electron chi connectivity index (χ0n) is 11.5. The van der Waals surface area contributed by atoms with Crippen LogP contribution >= 0.6 is 23.7 Å². The minimum absolute atomic E-state index is 0. The summed E-state index contributed by atoms with van der Waals surface area (Å²) in [7, 11) is -3.72. The van der Waals surface area contributed by atoms with Crippen LogP contribution in [-0.2, 0) is 10.0 Å². The van der Waals surface area contributed by atoms with Gasteiger partial charge in [0.1, 0.15) is 4.21 Å². The van der Waals surface area contributed by atoms with Crippen LogP contribution < -0.4 is 15.8 Å². The second-order valence-corrected chi connectivity index (χ2v) is 7.66. The van der Waals surface area contributed by atoms with Gasteiger partial charge in [0, 0.05) is 11.9 Å². The van der Waals surface area contributed by atoms with Gasteiger partial charge in [0.25, 0.3) is 5.91 Å². The van der Waals surface area contributed by atoms with Crippen molar-refractivity contribution < 1.29 is 13.2 Å². The molecule has 0 aromatic carbocycles. The fraction of sp³-hybridized carbons (Fsp3) is 0.583. The molecule has 21 heavy (non-hydrogen) atoms. The first kappa shape index (κ1) is 18.4. The zero-order chi connectivity index (χ0) is 14.6. The first-order valence-corrected chi connectivity index (χ1v) is 8.99. The highest BCUT2D eigenvalue weighted by atomic mass is 35.5. The number of rotatable bonds is 5. The van der Waals surface area contributed by atoms with Crippen LogP contribution in [-0.4, -0.2) is 34.0 Å². The number of piperidine rings is 1. The summed E-state index contributed by atoms with van der Waals surface area (Å²) in [5, 5.41) is 12.7. The summed E-state index contributed by atoms with van der Waals surface area (Å²) < 4.78 is 22.3. The Hall–Kier alpha value is -0.670. The van der Waals surface area contributed by atoms with E-state index in [4.69, 9.17) is 5.14 Å². The molecule has 2 heterocycles. The SMILES string of the molecule is Cl.NS(=O)(=O)c1cc(C(=O)NCCC2CCCNC2)cs1. The van der Waals surface area contributed by atoms with Gasteiger partial charge in [-0.25, -0.2) is 13.6 Å². The molecule has 1 atom stereocenters. The van der Waals surface area contributed by atoms with E-state index in [0.717, 1.165) is 30.8 Å². The maximum atomic E-state index is 11.9. The summed E-state index contributed by atoms with van der Waals surface area (Å²) in [5.41, 5.74) is 0.348. The fourth-order valence-corrected chi connectivity index (χ4v) is 3.83. The molecule has 1 unspecified atom stereocenters. The minimum atomic E-state index is -3.72. The number of carbonyl (C=O) groups excluding carboxylic acids is 1. The Labute approximate surface area is 135 Å². The maximum absolute atomic E-state index is 11.9. The number of thiophene rings is 1. The summed E-state index contributed by atoms with van der Waals surface area (Å²) in [6.45, 7) is 2.68. The summed E-state index contributed by atoms with van der Waals surface area (Å²) in [4.78, 5) is 11.9. The zero-order valence-corrected chi connectivity index (χ0v) is 14.0.